The van der Waals surface area contributed by atoms with Crippen LogP contribution >= 0.6 is 24.8 Å². The van der Waals surface area contributed by atoms with Gasteiger partial charge in [-0.1, -0.05) is 60.3 Å². The van der Waals surface area contributed by atoms with Crippen LogP contribution in [0.2, 0.25) is 0 Å². The van der Waals surface area contributed by atoms with Gasteiger partial charge in [0.2, 0.25) is 0 Å². The van der Waals surface area contributed by atoms with Crippen LogP contribution < -0.4 is 20.8 Å². The van der Waals surface area contributed by atoms with Gasteiger partial charge < -0.3 is 19.6 Å². The van der Waals surface area contributed by atoms with Gasteiger partial charge in [-0.15, -0.1) is 24.8 Å². The topological polar surface area (TPSA) is 82.3 Å². The van der Waals surface area contributed by atoms with Gasteiger partial charge in [-0.2, -0.15) is 0 Å². The fraction of sp³-hybridized carbons (Fsp3) is 0.276. The van der Waals surface area contributed by atoms with Crippen LogP contribution in [0.25, 0.3) is 22.1 Å². The number of nitrogens with two attached hydrogens (primary N) is 1. The number of quaternary nitrogens is 1. The van der Waals surface area contributed by atoms with E-state index in [4.69, 9.17) is 9.15 Å². The van der Waals surface area contributed by atoms with Gasteiger partial charge in [-0.3, -0.25) is 4.90 Å². The standard InChI is InChI=1S/C29H30N2O4.2ClH/c1-34-23-9-7-21(8-10-23)25-17-28(33)35-29-24(25)11-12-27(32)26(29)18-30-22-13-15-31(16-14-22)19-20-5-3-2-4-6-20;;/h2-12,17,22,30,32H,13-16,18-19H2,1H3;2*1H. The molecule has 5 rings (SSSR count). The lowest BCUT2D eigenvalue weighted by atomic mass is 9.99. The predicted octanol–water partition coefficient (Wildman–Crippen LogP) is 4.11. The van der Waals surface area contributed by atoms with Crippen molar-refractivity contribution in [3.63, 3.8) is 0 Å². The highest BCUT2D eigenvalue weighted by Gasteiger charge is 2.22. The number of likely N-dealkylation sites (tertiary alicyclic amines) is 1. The molecule has 0 spiro atoms. The summed E-state index contributed by atoms with van der Waals surface area (Å²) in [4.78, 5) is 14.9. The van der Waals surface area contributed by atoms with E-state index in [2.05, 4.69) is 34.5 Å². The summed E-state index contributed by atoms with van der Waals surface area (Å²) in [6.45, 7) is 3.54. The maximum Gasteiger partial charge on any atom is 0.336 e. The minimum absolute atomic E-state index is 0. The Bertz CT molecular complexity index is 1350. The number of fused-ring (bicyclic) bond motifs is 1. The largest absolute Gasteiger partial charge is 0.872 e. The normalized spacial score (nSPS) is 14.1. The number of hydrogen-bond donors (Lipinski definition) is 1. The lowest BCUT2D eigenvalue weighted by Gasteiger charge is -2.31. The summed E-state index contributed by atoms with van der Waals surface area (Å²) >= 11 is 0. The van der Waals surface area contributed by atoms with Gasteiger partial charge in [0.05, 0.1) is 13.2 Å². The molecule has 0 saturated carbocycles. The predicted molar refractivity (Wildman–Crippen MR) is 149 cm³/mol. The van der Waals surface area contributed by atoms with Gasteiger partial charge in [0.25, 0.3) is 0 Å². The van der Waals surface area contributed by atoms with E-state index < -0.39 is 5.63 Å². The molecule has 6 nitrogen and oxygen atoms in total. The Morgan fingerprint density at radius 2 is 1.70 bits per heavy atom. The SMILES string of the molecule is COc1ccc(-c2cc(=O)oc3c(C[NH2+]C4CCN(Cc5ccccc5)CC4)c([O-])ccc23)cc1.Cl.Cl. The summed E-state index contributed by atoms with van der Waals surface area (Å²) in [6.07, 6.45) is 2.12. The third kappa shape index (κ3) is 6.65. The maximum absolute atomic E-state index is 12.8. The number of benzene rings is 3. The zero-order chi connectivity index (χ0) is 24.2. The van der Waals surface area contributed by atoms with Crippen molar-refractivity contribution in [1.82, 2.24) is 4.90 Å². The Hall–Kier alpha value is -3.03. The average molecular weight is 543 g/mol. The molecule has 196 valence electrons. The number of hydrogen-bond acceptors (Lipinski definition) is 5. The smallest absolute Gasteiger partial charge is 0.336 e. The molecule has 1 aliphatic rings. The molecule has 2 N–H and O–H groups in total. The second kappa shape index (κ2) is 13.0. The molecule has 3 aromatic carbocycles. The van der Waals surface area contributed by atoms with Gasteiger partial charge in [0.15, 0.2) is 0 Å². The third-order valence-electron chi connectivity index (χ3n) is 6.91. The molecule has 0 aliphatic carbocycles. The van der Waals surface area contributed by atoms with Gasteiger partial charge in [-0.05, 0) is 28.8 Å². The van der Waals surface area contributed by atoms with Crippen LogP contribution in [0.3, 0.4) is 0 Å². The van der Waals surface area contributed by atoms with E-state index in [-0.39, 0.29) is 30.6 Å². The average Bonchev–Trinajstić information content (AvgIpc) is 2.89. The molecular formula is C29H32Cl2N2O4. The van der Waals surface area contributed by atoms with Crippen LogP contribution in [0.4, 0.5) is 0 Å². The number of halogens is 2. The fourth-order valence-corrected chi connectivity index (χ4v) is 4.94. The van der Waals surface area contributed by atoms with E-state index in [9.17, 15) is 9.90 Å². The molecule has 8 heteroatoms. The van der Waals surface area contributed by atoms with Crippen LogP contribution in [-0.2, 0) is 13.1 Å². The van der Waals surface area contributed by atoms with Gasteiger partial charge in [0, 0.05) is 49.5 Å². The van der Waals surface area contributed by atoms with Crippen LogP contribution in [0.5, 0.6) is 11.5 Å². The summed E-state index contributed by atoms with van der Waals surface area (Å²) in [5.74, 6) is 0.651. The molecule has 1 aliphatic heterocycles. The van der Waals surface area contributed by atoms with Gasteiger partial charge >= 0.3 is 5.63 Å². The summed E-state index contributed by atoms with van der Waals surface area (Å²) in [5.41, 5.74) is 3.47. The molecule has 37 heavy (non-hydrogen) atoms. The molecule has 0 unspecified atom stereocenters. The van der Waals surface area contributed by atoms with Crippen molar-refractivity contribution in [2.45, 2.75) is 32.0 Å². The Morgan fingerprint density at radius 1 is 1.00 bits per heavy atom. The lowest BCUT2D eigenvalue weighted by Crippen LogP contribution is -2.89. The minimum atomic E-state index is -0.454. The molecule has 1 fully saturated rings. The fourth-order valence-electron chi connectivity index (χ4n) is 4.94. The molecular weight excluding hydrogens is 511 g/mol. The molecule has 2 heterocycles. The Morgan fingerprint density at radius 3 is 2.38 bits per heavy atom. The van der Waals surface area contributed by atoms with Crippen molar-refractivity contribution < 1.29 is 19.6 Å². The Balaban J connectivity index is 0.00000190. The Kier molecular flexibility index (Phi) is 10.0. The second-order valence-electron chi connectivity index (χ2n) is 9.17. The second-order valence-corrected chi connectivity index (χ2v) is 9.17. The van der Waals surface area contributed by atoms with Crippen molar-refractivity contribution in [1.29, 1.82) is 0 Å². The zero-order valence-electron chi connectivity index (χ0n) is 20.7. The van der Waals surface area contributed by atoms with Crippen molar-refractivity contribution in [2.24, 2.45) is 0 Å². The number of ether oxygens (including phenoxy) is 1. The maximum atomic E-state index is 12.8. The van der Waals surface area contributed by atoms with E-state index >= 15 is 0 Å². The van der Waals surface area contributed by atoms with E-state index in [1.165, 1.54) is 11.6 Å². The van der Waals surface area contributed by atoms with E-state index in [1.54, 1.807) is 19.2 Å². The molecule has 0 amide bonds. The molecule has 1 aromatic heterocycles. The number of methoxy groups -OCH3 is 1. The summed E-state index contributed by atoms with van der Waals surface area (Å²) < 4.78 is 10.8. The number of nitrogens with zero attached hydrogens (tertiary/aromatic N) is 1. The first-order valence-electron chi connectivity index (χ1n) is 12.1. The molecule has 0 bridgehead atoms. The van der Waals surface area contributed by atoms with E-state index in [0.717, 1.165) is 54.7 Å². The van der Waals surface area contributed by atoms with Crippen molar-refractivity contribution >= 4 is 35.8 Å². The first-order chi connectivity index (χ1) is 17.1. The summed E-state index contributed by atoms with van der Waals surface area (Å²) in [7, 11) is 1.62. The first-order valence-corrected chi connectivity index (χ1v) is 12.1. The monoisotopic (exact) mass is 542 g/mol. The van der Waals surface area contributed by atoms with Gasteiger partial charge in [-0.25, -0.2) is 4.79 Å². The lowest BCUT2D eigenvalue weighted by molar-refractivity contribution is -0.707. The molecule has 1 saturated heterocycles. The number of rotatable bonds is 7. The van der Waals surface area contributed by atoms with Crippen molar-refractivity contribution in [2.75, 3.05) is 20.2 Å². The van der Waals surface area contributed by atoms with Crippen LogP contribution in [-0.4, -0.2) is 31.1 Å². The van der Waals surface area contributed by atoms with Crippen molar-refractivity contribution in [3.05, 3.63) is 94.3 Å². The quantitative estimate of drug-likeness (QED) is 0.355. The van der Waals surface area contributed by atoms with Crippen LogP contribution in [0.15, 0.2) is 82.0 Å². The zero-order valence-corrected chi connectivity index (χ0v) is 22.4. The van der Waals surface area contributed by atoms with E-state index in [0.29, 0.717) is 23.7 Å². The molecule has 4 aromatic rings. The van der Waals surface area contributed by atoms with Crippen LogP contribution in [0, 0.1) is 0 Å². The minimum Gasteiger partial charge on any atom is -0.872 e. The number of piperidine rings is 1. The Labute approximate surface area is 229 Å². The highest BCUT2D eigenvalue weighted by Crippen LogP contribution is 2.32. The highest BCUT2D eigenvalue weighted by atomic mass is 35.5. The van der Waals surface area contributed by atoms with Crippen LogP contribution in [0.1, 0.15) is 24.0 Å². The molecule has 0 atom stereocenters. The van der Waals surface area contributed by atoms with E-state index in [1.807, 2.05) is 30.3 Å². The summed E-state index contributed by atoms with van der Waals surface area (Å²) in [6, 6.07) is 23.4. The highest BCUT2D eigenvalue weighted by molar-refractivity contribution is 5.95. The third-order valence-corrected chi connectivity index (χ3v) is 6.91. The molecule has 0 radical (unpaired) electrons. The van der Waals surface area contributed by atoms with Gasteiger partial charge in [0.1, 0.15) is 17.9 Å². The summed E-state index contributed by atoms with van der Waals surface area (Å²) in [5, 5.41) is 15.8. The first kappa shape index (κ1) is 28.5. The van der Waals surface area contributed by atoms with Crippen molar-refractivity contribution in [3.8, 4) is 22.6 Å².